The highest BCUT2D eigenvalue weighted by atomic mass is 35.5. The van der Waals surface area contributed by atoms with Crippen LogP contribution in [0.4, 0.5) is 5.13 Å². The summed E-state index contributed by atoms with van der Waals surface area (Å²) in [4.78, 5) is 22.9. The van der Waals surface area contributed by atoms with E-state index in [2.05, 4.69) is 15.9 Å². The van der Waals surface area contributed by atoms with E-state index in [4.69, 9.17) is 21.3 Å². The number of rotatable bonds is 4. The van der Waals surface area contributed by atoms with Crippen LogP contribution in [0.2, 0.25) is 5.02 Å². The maximum absolute atomic E-state index is 13.7. The van der Waals surface area contributed by atoms with Gasteiger partial charge >= 0.3 is 0 Å². The summed E-state index contributed by atoms with van der Waals surface area (Å²) in [5.74, 6) is 1.08. The summed E-state index contributed by atoms with van der Waals surface area (Å²) in [5.41, 5.74) is 1.63. The summed E-state index contributed by atoms with van der Waals surface area (Å²) in [5, 5.41) is 1.71. The second kappa shape index (κ2) is 8.32. The fourth-order valence-electron chi connectivity index (χ4n) is 4.99. The molecule has 7 heteroatoms. The lowest BCUT2D eigenvalue weighted by Crippen LogP contribution is -2.54. The number of piperazine rings is 1. The third-order valence-electron chi connectivity index (χ3n) is 6.69. The van der Waals surface area contributed by atoms with Crippen molar-refractivity contribution in [3.05, 3.63) is 53.1 Å². The van der Waals surface area contributed by atoms with Crippen LogP contribution in [0, 0.1) is 0 Å². The summed E-state index contributed by atoms with van der Waals surface area (Å²) >= 11 is 7.79. The number of halogens is 1. The number of para-hydroxylation sites is 1. The molecule has 0 unspecified atom stereocenters. The number of benzene rings is 2. The zero-order chi connectivity index (χ0) is 21.4. The maximum Gasteiger partial charge on any atom is 0.233 e. The van der Waals surface area contributed by atoms with Crippen molar-refractivity contribution in [2.24, 2.45) is 0 Å². The van der Waals surface area contributed by atoms with Gasteiger partial charge in [0.15, 0.2) is 5.13 Å². The quantitative estimate of drug-likeness (QED) is 0.547. The number of nitrogens with zero attached hydrogens (tertiary/aromatic N) is 3. The topological polar surface area (TPSA) is 45.7 Å². The van der Waals surface area contributed by atoms with Gasteiger partial charge in [-0.2, -0.15) is 0 Å². The Morgan fingerprint density at radius 2 is 1.77 bits per heavy atom. The van der Waals surface area contributed by atoms with Crippen LogP contribution in [0.3, 0.4) is 0 Å². The first kappa shape index (κ1) is 20.6. The SMILES string of the molecule is COc1cccc2sc(N3CCN(C(=O)C4(c5ccc(Cl)cc5)CCCC4)CC3)nc12. The molecule has 0 radical (unpaired) electrons. The lowest BCUT2D eigenvalue weighted by Gasteiger charge is -2.40. The van der Waals surface area contributed by atoms with Crippen molar-refractivity contribution in [2.45, 2.75) is 31.1 Å². The molecule has 3 aromatic rings. The summed E-state index contributed by atoms with van der Waals surface area (Å²) < 4.78 is 6.58. The highest BCUT2D eigenvalue weighted by Crippen LogP contribution is 2.43. The average Bonchev–Trinajstić information content (AvgIpc) is 3.47. The standard InChI is InChI=1S/C24H26ClN3O2S/c1-30-19-5-4-6-20-21(19)26-23(31-20)28-15-13-27(14-16-28)22(29)24(11-2-3-12-24)17-7-9-18(25)10-8-17/h4-10H,2-3,11-16H2,1H3. The first-order chi connectivity index (χ1) is 15.1. The number of hydrogen-bond acceptors (Lipinski definition) is 5. The summed E-state index contributed by atoms with van der Waals surface area (Å²) in [6.45, 7) is 3.04. The van der Waals surface area contributed by atoms with E-state index in [0.29, 0.717) is 5.02 Å². The van der Waals surface area contributed by atoms with E-state index in [1.165, 1.54) is 0 Å². The Hall–Kier alpha value is -2.31. The minimum atomic E-state index is -0.393. The van der Waals surface area contributed by atoms with Gasteiger partial charge in [0.1, 0.15) is 11.3 Å². The van der Waals surface area contributed by atoms with Crippen molar-refractivity contribution >= 4 is 44.2 Å². The van der Waals surface area contributed by atoms with Gasteiger partial charge in [0, 0.05) is 31.2 Å². The third-order valence-corrected chi connectivity index (χ3v) is 8.02. The Bertz CT molecular complexity index is 1080. The van der Waals surface area contributed by atoms with E-state index in [9.17, 15) is 4.79 Å². The molecule has 31 heavy (non-hydrogen) atoms. The number of hydrogen-bond donors (Lipinski definition) is 0. The molecular formula is C24H26ClN3O2S. The normalized spacial score (nSPS) is 18.5. The fourth-order valence-corrected chi connectivity index (χ4v) is 6.15. The first-order valence-electron chi connectivity index (χ1n) is 10.8. The minimum Gasteiger partial charge on any atom is -0.494 e. The maximum atomic E-state index is 13.7. The van der Waals surface area contributed by atoms with Crippen LogP contribution >= 0.6 is 22.9 Å². The van der Waals surface area contributed by atoms with Crippen molar-refractivity contribution in [3.63, 3.8) is 0 Å². The van der Waals surface area contributed by atoms with E-state index < -0.39 is 5.41 Å². The van der Waals surface area contributed by atoms with Crippen LogP contribution in [-0.4, -0.2) is 49.1 Å². The predicted octanol–water partition coefficient (Wildman–Crippen LogP) is 5.12. The van der Waals surface area contributed by atoms with E-state index >= 15 is 0 Å². The minimum absolute atomic E-state index is 0.276. The molecule has 1 saturated heterocycles. The van der Waals surface area contributed by atoms with Crippen LogP contribution in [0.5, 0.6) is 5.75 Å². The molecule has 2 aliphatic rings. The molecule has 1 aliphatic carbocycles. The van der Waals surface area contributed by atoms with Crippen LogP contribution < -0.4 is 9.64 Å². The van der Waals surface area contributed by atoms with Crippen molar-refractivity contribution in [1.82, 2.24) is 9.88 Å². The molecular weight excluding hydrogens is 430 g/mol. The number of ether oxygens (including phenoxy) is 1. The van der Waals surface area contributed by atoms with Crippen LogP contribution in [0.15, 0.2) is 42.5 Å². The number of methoxy groups -OCH3 is 1. The van der Waals surface area contributed by atoms with Gasteiger partial charge < -0.3 is 14.5 Å². The summed E-state index contributed by atoms with van der Waals surface area (Å²) in [6, 6.07) is 13.9. The second-order valence-electron chi connectivity index (χ2n) is 8.38. The monoisotopic (exact) mass is 455 g/mol. The molecule has 0 bridgehead atoms. The van der Waals surface area contributed by atoms with Crippen LogP contribution in [0.1, 0.15) is 31.2 Å². The molecule has 2 aromatic carbocycles. The molecule has 1 aliphatic heterocycles. The van der Waals surface area contributed by atoms with Gasteiger partial charge in [-0.15, -0.1) is 0 Å². The van der Waals surface area contributed by atoms with E-state index in [1.54, 1.807) is 18.4 Å². The molecule has 0 N–H and O–H groups in total. The zero-order valence-electron chi connectivity index (χ0n) is 17.6. The number of amides is 1. The molecule has 0 atom stereocenters. The van der Waals surface area contributed by atoms with Gasteiger partial charge in [-0.1, -0.05) is 54.0 Å². The molecule has 2 fully saturated rings. The molecule has 2 heterocycles. The molecule has 1 amide bonds. The third kappa shape index (κ3) is 3.66. The van der Waals surface area contributed by atoms with Gasteiger partial charge in [-0.05, 0) is 42.7 Å². The number of fused-ring (bicyclic) bond motifs is 1. The number of anilines is 1. The molecule has 5 rings (SSSR count). The largest absolute Gasteiger partial charge is 0.494 e. The molecule has 162 valence electrons. The molecule has 1 saturated carbocycles. The van der Waals surface area contributed by atoms with E-state index in [0.717, 1.165) is 78.5 Å². The van der Waals surface area contributed by atoms with Crippen molar-refractivity contribution in [2.75, 3.05) is 38.2 Å². The van der Waals surface area contributed by atoms with Gasteiger partial charge in [-0.25, -0.2) is 4.98 Å². The van der Waals surface area contributed by atoms with Gasteiger partial charge in [-0.3, -0.25) is 4.79 Å². The van der Waals surface area contributed by atoms with Gasteiger partial charge in [0.25, 0.3) is 0 Å². The Balaban J connectivity index is 1.33. The van der Waals surface area contributed by atoms with E-state index in [1.807, 2.05) is 36.4 Å². The van der Waals surface area contributed by atoms with Crippen LogP contribution in [0.25, 0.3) is 10.2 Å². The van der Waals surface area contributed by atoms with E-state index in [-0.39, 0.29) is 5.91 Å². The lowest BCUT2D eigenvalue weighted by molar-refractivity contribution is -0.137. The lowest BCUT2D eigenvalue weighted by atomic mass is 9.77. The Labute approximate surface area is 191 Å². The second-order valence-corrected chi connectivity index (χ2v) is 9.82. The van der Waals surface area contributed by atoms with Crippen molar-refractivity contribution in [1.29, 1.82) is 0 Å². The molecule has 0 spiro atoms. The fraction of sp³-hybridized carbons (Fsp3) is 0.417. The smallest absolute Gasteiger partial charge is 0.233 e. The van der Waals surface area contributed by atoms with Crippen LogP contribution in [-0.2, 0) is 10.2 Å². The van der Waals surface area contributed by atoms with Crippen molar-refractivity contribution in [3.8, 4) is 5.75 Å². The molecule has 5 nitrogen and oxygen atoms in total. The summed E-state index contributed by atoms with van der Waals surface area (Å²) in [7, 11) is 1.68. The summed E-state index contributed by atoms with van der Waals surface area (Å²) in [6.07, 6.45) is 4.04. The van der Waals surface area contributed by atoms with Gasteiger partial charge in [0.2, 0.25) is 5.91 Å². The number of carbonyl (C=O) groups is 1. The van der Waals surface area contributed by atoms with Crippen molar-refractivity contribution < 1.29 is 9.53 Å². The Kier molecular flexibility index (Phi) is 5.52. The predicted molar refractivity (Wildman–Crippen MR) is 127 cm³/mol. The zero-order valence-corrected chi connectivity index (χ0v) is 19.2. The highest BCUT2D eigenvalue weighted by Gasteiger charge is 2.45. The number of thiazole rings is 1. The number of aromatic nitrogens is 1. The Morgan fingerprint density at radius 1 is 1.06 bits per heavy atom. The van der Waals surface area contributed by atoms with Gasteiger partial charge in [0.05, 0.1) is 17.2 Å². The Morgan fingerprint density at radius 3 is 2.45 bits per heavy atom. The highest BCUT2D eigenvalue weighted by molar-refractivity contribution is 7.22. The first-order valence-corrected chi connectivity index (χ1v) is 12.0. The number of carbonyl (C=O) groups excluding carboxylic acids is 1. The average molecular weight is 456 g/mol. The molecule has 1 aromatic heterocycles.